The summed E-state index contributed by atoms with van der Waals surface area (Å²) in [6, 6.07) is 0. The monoisotopic (exact) mass is 174 g/mol. The van der Waals surface area contributed by atoms with Crippen molar-refractivity contribution in [3.63, 3.8) is 0 Å². The van der Waals surface area contributed by atoms with E-state index in [1.165, 1.54) is 12.3 Å². The Morgan fingerprint density at radius 3 is 2.91 bits per heavy atom. The van der Waals surface area contributed by atoms with Gasteiger partial charge >= 0.3 is 5.97 Å². The predicted octanol–water partition coefficient (Wildman–Crippen LogP) is -0.104. The fraction of sp³-hybridized carbons (Fsp3) is 0.333. The Bertz CT molecular complexity index is 179. The van der Waals surface area contributed by atoms with Crippen LogP contribution in [0.1, 0.15) is 6.92 Å². The van der Waals surface area contributed by atoms with Crippen LogP contribution in [0.15, 0.2) is 12.3 Å². The number of rotatable bonds is 3. The Hall–Kier alpha value is -1.10. The molecule has 0 aliphatic carbocycles. The van der Waals surface area contributed by atoms with Gasteiger partial charge in [0.05, 0.1) is 6.61 Å². The number of carbonyl (C=O) groups excluding carboxylic acids is 1. The van der Waals surface area contributed by atoms with Crippen LogP contribution >= 0.6 is 12.2 Å². The summed E-state index contributed by atoms with van der Waals surface area (Å²) < 4.78 is 4.57. The molecule has 4 nitrogen and oxygen atoms in total. The van der Waals surface area contributed by atoms with Gasteiger partial charge in [0.2, 0.25) is 0 Å². The summed E-state index contributed by atoms with van der Waals surface area (Å²) in [6.07, 6.45) is 2.54. The minimum absolute atomic E-state index is 0.116. The van der Waals surface area contributed by atoms with E-state index in [4.69, 9.17) is 5.73 Å². The molecule has 0 bridgehead atoms. The lowest BCUT2D eigenvalue weighted by Crippen LogP contribution is -2.24. The molecule has 0 spiro atoms. The molecule has 0 amide bonds. The third-order valence-electron chi connectivity index (χ3n) is 0.732. The summed E-state index contributed by atoms with van der Waals surface area (Å²) in [7, 11) is 0. The van der Waals surface area contributed by atoms with Gasteiger partial charge in [0.15, 0.2) is 5.11 Å². The van der Waals surface area contributed by atoms with Gasteiger partial charge in [-0.2, -0.15) is 0 Å². The van der Waals surface area contributed by atoms with E-state index in [9.17, 15) is 4.79 Å². The van der Waals surface area contributed by atoms with E-state index in [0.717, 1.165) is 0 Å². The van der Waals surface area contributed by atoms with E-state index in [-0.39, 0.29) is 5.11 Å². The van der Waals surface area contributed by atoms with E-state index in [2.05, 4.69) is 22.3 Å². The first-order valence-electron chi connectivity index (χ1n) is 3.06. The van der Waals surface area contributed by atoms with Crippen LogP contribution in [0.25, 0.3) is 0 Å². The molecule has 0 saturated heterocycles. The topological polar surface area (TPSA) is 64.3 Å². The summed E-state index contributed by atoms with van der Waals surface area (Å²) in [5, 5.41) is 2.58. The maximum atomic E-state index is 10.6. The van der Waals surface area contributed by atoms with Crippen LogP contribution in [0.3, 0.4) is 0 Å². The fourth-order valence-electron chi connectivity index (χ4n) is 0.382. The van der Waals surface area contributed by atoms with Crippen molar-refractivity contribution in [3.05, 3.63) is 12.3 Å². The Labute approximate surface area is 70.4 Å². The molecule has 0 radical (unpaired) electrons. The van der Waals surface area contributed by atoms with Crippen molar-refractivity contribution in [2.24, 2.45) is 5.73 Å². The molecule has 0 aliphatic rings. The molecule has 0 saturated carbocycles. The molecule has 0 aromatic carbocycles. The van der Waals surface area contributed by atoms with Crippen LogP contribution in [-0.4, -0.2) is 17.7 Å². The first-order valence-corrected chi connectivity index (χ1v) is 3.47. The molecular formula is C6H10N2O2S. The number of hydrogen-bond acceptors (Lipinski definition) is 3. The van der Waals surface area contributed by atoms with Crippen LogP contribution < -0.4 is 11.1 Å². The molecule has 3 N–H and O–H groups in total. The van der Waals surface area contributed by atoms with Gasteiger partial charge in [0, 0.05) is 12.3 Å². The first-order chi connectivity index (χ1) is 5.16. The van der Waals surface area contributed by atoms with Gasteiger partial charge < -0.3 is 15.8 Å². The van der Waals surface area contributed by atoms with Gasteiger partial charge in [-0.3, -0.25) is 0 Å². The summed E-state index contributed by atoms with van der Waals surface area (Å²) in [4.78, 5) is 10.6. The Morgan fingerprint density at radius 2 is 2.45 bits per heavy atom. The van der Waals surface area contributed by atoms with E-state index in [0.29, 0.717) is 6.61 Å². The third kappa shape index (κ3) is 6.79. The molecule has 11 heavy (non-hydrogen) atoms. The quantitative estimate of drug-likeness (QED) is 0.355. The first kappa shape index (κ1) is 9.90. The number of ether oxygens (including phenoxy) is 1. The second-order valence-corrected chi connectivity index (χ2v) is 2.03. The Kier molecular flexibility index (Phi) is 5.10. The summed E-state index contributed by atoms with van der Waals surface area (Å²) in [5.74, 6) is -0.420. The second-order valence-electron chi connectivity index (χ2n) is 1.59. The Morgan fingerprint density at radius 1 is 1.82 bits per heavy atom. The van der Waals surface area contributed by atoms with Crippen molar-refractivity contribution in [3.8, 4) is 0 Å². The van der Waals surface area contributed by atoms with Gasteiger partial charge in [0.25, 0.3) is 0 Å². The number of thiocarbonyl (C=S) groups is 1. The highest BCUT2D eigenvalue weighted by Crippen LogP contribution is 1.78. The molecular weight excluding hydrogens is 164 g/mol. The van der Waals surface area contributed by atoms with Crippen LogP contribution in [-0.2, 0) is 9.53 Å². The van der Waals surface area contributed by atoms with Gasteiger partial charge in [-0.15, -0.1) is 0 Å². The number of carbonyl (C=O) groups is 1. The van der Waals surface area contributed by atoms with Crippen LogP contribution in [0.2, 0.25) is 0 Å². The summed E-state index contributed by atoms with van der Waals surface area (Å²) >= 11 is 4.48. The number of esters is 1. The average Bonchev–Trinajstić information content (AvgIpc) is 1.87. The minimum Gasteiger partial charge on any atom is -0.463 e. The third-order valence-corrected chi connectivity index (χ3v) is 0.849. The molecule has 62 valence electrons. The van der Waals surface area contributed by atoms with E-state index >= 15 is 0 Å². The van der Waals surface area contributed by atoms with Crippen LogP contribution in [0, 0.1) is 0 Å². The molecule has 0 unspecified atom stereocenters. The molecule has 0 aromatic heterocycles. The van der Waals surface area contributed by atoms with E-state index in [1.54, 1.807) is 6.92 Å². The number of nitrogens with one attached hydrogen (secondary N) is 1. The van der Waals surface area contributed by atoms with Gasteiger partial charge in [0.1, 0.15) is 0 Å². The molecule has 0 heterocycles. The van der Waals surface area contributed by atoms with Crippen molar-refractivity contribution in [2.45, 2.75) is 6.92 Å². The minimum atomic E-state index is -0.420. The lowest BCUT2D eigenvalue weighted by molar-refractivity contribution is -0.137. The lowest BCUT2D eigenvalue weighted by Gasteiger charge is -1.95. The summed E-state index contributed by atoms with van der Waals surface area (Å²) in [5.41, 5.74) is 5.07. The summed E-state index contributed by atoms with van der Waals surface area (Å²) in [6.45, 7) is 2.09. The molecule has 0 atom stereocenters. The maximum Gasteiger partial charge on any atom is 0.332 e. The SMILES string of the molecule is CCOC(=O)C=CNC(N)=S. The van der Waals surface area contributed by atoms with Gasteiger partial charge in [-0.1, -0.05) is 0 Å². The standard InChI is InChI=1S/C6H10N2O2S/c1-2-10-5(9)3-4-8-6(7)11/h3-4H,2H2,1H3,(H3,7,8,11). The Balaban J connectivity index is 3.56. The lowest BCUT2D eigenvalue weighted by atomic mass is 10.6. The normalized spacial score (nSPS) is 9.55. The van der Waals surface area contributed by atoms with Gasteiger partial charge in [-0.05, 0) is 19.1 Å². The zero-order valence-corrected chi connectivity index (χ0v) is 6.98. The number of nitrogens with two attached hydrogens (primary N) is 1. The van der Waals surface area contributed by atoms with Crippen molar-refractivity contribution >= 4 is 23.3 Å². The van der Waals surface area contributed by atoms with Crippen molar-refractivity contribution in [2.75, 3.05) is 6.61 Å². The maximum absolute atomic E-state index is 10.6. The smallest absolute Gasteiger partial charge is 0.332 e. The molecule has 0 aliphatic heterocycles. The van der Waals surface area contributed by atoms with Crippen molar-refractivity contribution < 1.29 is 9.53 Å². The second kappa shape index (κ2) is 5.67. The van der Waals surface area contributed by atoms with Crippen LogP contribution in [0.4, 0.5) is 0 Å². The largest absolute Gasteiger partial charge is 0.463 e. The van der Waals surface area contributed by atoms with Gasteiger partial charge in [-0.25, -0.2) is 4.79 Å². The van der Waals surface area contributed by atoms with Crippen molar-refractivity contribution in [1.29, 1.82) is 0 Å². The fourth-order valence-corrected chi connectivity index (χ4v) is 0.450. The van der Waals surface area contributed by atoms with E-state index < -0.39 is 5.97 Å². The zero-order chi connectivity index (χ0) is 8.69. The van der Waals surface area contributed by atoms with Crippen molar-refractivity contribution in [1.82, 2.24) is 5.32 Å². The highest BCUT2D eigenvalue weighted by Gasteiger charge is 1.91. The molecule has 5 heteroatoms. The van der Waals surface area contributed by atoms with E-state index in [1.807, 2.05) is 0 Å². The molecule has 0 fully saturated rings. The molecule has 0 aromatic rings. The number of hydrogen-bond donors (Lipinski definition) is 2. The van der Waals surface area contributed by atoms with Crippen LogP contribution in [0.5, 0.6) is 0 Å². The predicted molar refractivity (Wildman–Crippen MR) is 45.7 cm³/mol. The zero-order valence-electron chi connectivity index (χ0n) is 6.16. The highest BCUT2D eigenvalue weighted by atomic mass is 32.1. The molecule has 0 rings (SSSR count). The highest BCUT2D eigenvalue weighted by molar-refractivity contribution is 7.80. The average molecular weight is 174 g/mol.